The summed E-state index contributed by atoms with van der Waals surface area (Å²) in [6.45, 7) is -0.144. The fourth-order valence-electron chi connectivity index (χ4n) is 2.80. The molecule has 2 aliphatic heterocycles. The summed E-state index contributed by atoms with van der Waals surface area (Å²) in [5.41, 5.74) is 5.80. The van der Waals surface area contributed by atoms with Crippen molar-refractivity contribution in [3.05, 3.63) is 41.1 Å². The first kappa shape index (κ1) is 19.0. The van der Waals surface area contributed by atoms with Crippen molar-refractivity contribution in [2.45, 2.75) is 11.8 Å². The summed E-state index contributed by atoms with van der Waals surface area (Å²) in [5.74, 6) is -2.83. The number of thioether (sulfide) groups is 1. The number of aliphatic hydroxyl groups is 1. The second kappa shape index (κ2) is 7.28. The van der Waals surface area contributed by atoms with Gasteiger partial charge in [-0.15, -0.1) is 0 Å². The molecule has 24 heavy (non-hydrogen) atoms. The first-order valence-electron chi connectivity index (χ1n) is 6.92. The van der Waals surface area contributed by atoms with Crippen LogP contribution in [-0.2, 0) is 9.59 Å². The van der Waals surface area contributed by atoms with Gasteiger partial charge in [0.15, 0.2) is 0 Å². The zero-order valence-corrected chi connectivity index (χ0v) is 15.7. The number of rotatable bonds is 5. The van der Waals surface area contributed by atoms with Crippen molar-refractivity contribution in [1.29, 1.82) is 0 Å². The van der Waals surface area contributed by atoms with Gasteiger partial charge in [-0.25, -0.2) is 0 Å². The van der Waals surface area contributed by atoms with Gasteiger partial charge < -0.3 is 20.7 Å². The van der Waals surface area contributed by atoms with E-state index < -0.39 is 17.8 Å². The predicted octanol–water partition coefficient (Wildman–Crippen LogP) is -3.88. The Morgan fingerprint density at radius 1 is 1.38 bits per heavy atom. The van der Waals surface area contributed by atoms with Crippen LogP contribution in [0.2, 0.25) is 0 Å². The molecule has 2 heterocycles. The molecule has 120 valence electrons. The van der Waals surface area contributed by atoms with Crippen LogP contribution < -0.4 is 40.4 Å². The molecule has 0 unspecified atom stereocenters. The van der Waals surface area contributed by atoms with Gasteiger partial charge >= 0.3 is 29.6 Å². The van der Waals surface area contributed by atoms with Crippen molar-refractivity contribution in [2.24, 2.45) is 11.7 Å². The third-order valence-corrected chi connectivity index (χ3v) is 5.34. The Balaban J connectivity index is 0.00000208. The van der Waals surface area contributed by atoms with Gasteiger partial charge in [0.05, 0.1) is 23.0 Å². The largest absolute Gasteiger partial charge is 1.00 e. The molecular weight excluding hydrogens is 343 g/mol. The van der Waals surface area contributed by atoms with Crippen molar-refractivity contribution in [2.75, 3.05) is 6.61 Å². The number of nitrogens with zero attached hydrogens (tertiary/aromatic N) is 1. The Labute approximate surface area is 164 Å². The summed E-state index contributed by atoms with van der Waals surface area (Å²) in [6, 6.07) is 6.26. The van der Waals surface area contributed by atoms with Gasteiger partial charge in [0.1, 0.15) is 0 Å². The summed E-state index contributed by atoms with van der Waals surface area (Å²) in [6.07, 6.45) is 0.280. The molecule has 0 radical (unpaired) electrons. The maximum atomic E-state index is 12.1. The molecule has 0 bridgehead atoms. The molecule has 2 amide bonds. The number of primary amides is 1. The van der Waals surface area contributed by atoms with E-state index in [1.165, 1.54) is 28.8 Å². The normalized spacial score (nSPS) is 21.9. The zero-order chi connectivity index (χ0) is 16.7. The molecule has 1 fully saturated rings. The van der Waals surface area contributed by atoms with Crippen LogP contribution in [0.4, 0.5) is 0 Å². The van der Waals surface area contributed by atoms with Crippen molar-refractivity contribution >= 4 is 34.5 Å². The Bertz CT molecular complexity index is 751. The van der Waals surface area contributed by atoms with Gasteiger partial charge in [0, 0.05) is 17.1 Å². The molecule has 1 aromatic carbocycles. The van der Waals surface area contributed by atoms with Crippen molar-refractivity contribution in [1.82, 2.24) is 4.90 Å². The predicted molar refractivity (Wildman–Crippen MR) is 80.3 cm³/mol. The molecule has 2 atom stereocenters. The molecule has 7 nitrogen and oxygen atoms in total. The number of β-lactam (4-membered cyclic amide) rings is 1. The number of hydrogen-bond donors (Lipinski definition) is 2. The van der Waals surface area contributed by atoms with Gasteiger partial charge in [-0.1, -0.05) is 23.9 Å². The van der Waals surface area contributed by atoms with E-state index in [0.717, 1.165) is 0 Å². The van der Waals surface area contributed by atoms with E-state index in [2.05, 4.69) is 0 Å². The maximum Gasteiger partial charge on any atom is 1.00 e. The van der Waals surface area contributed by atoms with Crippen molar-refractivity contribution < 1.29 is 54.2 Å². The average molecular weight is 356 g/mol. The molecular formula is C15H13N2NaO5S. The van der Waals surface area contributed by atoms with Crippen LogP contribution in [0.5, 0.6) is 0 Å². The molecule has 0 saturated carbocycles. The van der Waals surface area contributed by atoms with Crippen LogP contribution in [0.1, 0.15) is 22.3 Å². The molecule has 2 aliphatic rings. The van der Waals surface area contributed by atoms with Crippen molar-refractivity contribution in [3.63, 3.8) is 0 Å². The Morgan fingerprint density at radius 3 is 2.67 bits per heavy atom. The minimum atomic E-state index is -1.45. The van der Waals surface area contributed by atoms with Gasteiger partial charge in [-0.05, 0) is 24.1 Å². The third kappa shape index (κ3) is 3.00. The molecule has 1 saturated heterocycles. The van der Waals surface area contributed by atoms with Crippen LogP contribution in [0, 0.1) is 5.92 Å². The second-order valence-electron chi connectivity index (χ2n) is 5.25. The van der Waals surface area contributed by atoms with E-state index >= 15 is 0 Å². The standard InChI is InChI=1S/C15H14N2O5S.Na/c16-12(19)8-3-1-2-7(6-8)11-10(15(21)22)17-13(20)9(4-5-18)14(17)23-11;/h1-3,6,9,14,18H,4-5H2,(H2,16,19)(H,21,22);/q;+1/p-1/t9-,14+;/m0./s1. The van der Waals surface area contributed by atoms with E-state index in [0.29, 0.717) is 10.5 Å². The molecule has 3 rings (SSSR count). The van der Waals surface area contributed by atoms with E-state index in [1.54, 1.807) is 12.1 Å². The van der Waals surface area contributed by atoms with E-state index in [4.69, 9.17) is 10.8 Å². The molecule has 0 spiro atoms. The molecule has 1 aromatic rings. The summed E-state index contributed by atoms with van der Waals surface area (Å²) in [5, 5.41) is 20.1. The SMILES string of the molecule is NC(=O)c1cccc(C2=C(C(=O)[O-])N3C(=O)[C@H](CCO)[C@H]3S2)c1.[Na+]. The average Bonchev–Trinajstić information content (AvgIpc) is 2.89. The smallest absolute Gasteiger partial charge is 0.543 e. The minimum absolute atomic E-state index is 0. The third-order valence-electron chi connectivity index (χ3n) is 3.89. The number of carboxylic acid groups (broad SMARTS) is 1. The Hall–Kier alpha value is -1.32. The monoisotopic (exact) mass is 356 g/mol. The van der Waals surface area contributed by atoms with Gasteiger partial charge in [0.25, 0.3) is 0 Å². The van der Waals surface area contributed by atoms with Gasteiger partial charge in [-0.3, -0.25) is 14.5 Å². The summed E-state index contributed by atoms with van der Waals surface area (Å²) in [7, 11) is 0. The number of hydrogen-bond acceptors (Lipinski definition) is 6. The van der Waals surface area contributed by atoms with E-state index in [1.807, 2.05) is 0 Å². The van der Waals surface area contributed by atoms with E-state index in [9.17, 15) is 19.5 Å². The van der Waals surface area contributed by atoms with E-state index in [-0.39, 0.29) is 65.1 Å². The van der Waals surface area contributed by atoms with Crippen LogP contribution in [-0.4, -0.2) is 39.8 Å². The Morgan fingerprint density at radius 2 is 2.08 bits per heavy atom. The summed E-state index contributed by atoms with van der Waals surface area (Å²) >= 11 is 1.22. The van der Waals surface area contributed by atoms with Crippen LogP contribution in [0.25, 0.3) is 4.91 Å². The maximum absolute atomic E-state index is 12.1. The second-order valence-corrected chi connectivity index (χ2v) is 6.37. The number of benzene rings is 1. The number of aliphatic carboxylic acids is 1. The van der Waals surface area contributed by atoms with Crippen molar-refractivity contribution in [3.8, 4) is 0 Å². The number of amides is 2. The first-order chi connectivity index (χ1) is 11.0. The number of fused-ring (bicyclic) bond motifs is 1. The number of aliphatic hydroxyl groups excluding tert-OH is 1. The molecule has 0 aromatic heterocycles. The van der Waals surface area contributed by atoms with Gasteiger partial charge in [0.2, 0.25) is 11.8 Å². The number of carboxylic acids is 1. The molecule has 0 aliphatic carbocycles. The first-order valence-corrected chi connectivity index (χ1v) is 7.80. The minimum Gasteiger partial charge on any atom is -0.543 e. The number of carbonyl (C=O) groups excluding carboxylic acids is 3. The van der Waals surface area contributed by atoms with Gasteiger partial charge in [-0.2, -0.15) is 0 Å². The fourth-order valence-corrected chi connectivity index (χ4v) is 4.33. The number of carbonyl (C=O) groups is 3. The Kier molecular flexibility index (Phi) is 5.77. The fraction of sp³-hybridized carbons (Fsp3) is 0.267. The summed E-state index contributed by atoms with van der Waals surface area (Å²) in [4.78, 5) is 36.4. The van der Waals surface area contributed by atoms with Crippen LogP contribution in [0.15, 0.2) is 30.0 Å². The quantitative estimate of drug-likeness (QED) is 0.411. The zero-order valence-electron chi connectivity index (χ0n) is 12.9. The molecule has 9 heteroatoms. The van der Waals surface area contributed by atoms with Crippen LogP contribution >= 0.6 is 11.8 Å². The summed E-state index contributed by atoms with van der Waals surface area (Å²) < 4.78 is 0. The molecule has 3 N–H and O–H groups in total. The van der Waals surface area contributed by atoms with Crippen LogP contribution in [0.3, 0.4) is 0 Å². The number of nitrogens with two attached hydrogens (primary N) is 1. The topological polar surface area (TPSA) is 124 Å².